The third-order valence-corrected chi connectivity index (χ3v) is 3.63. The highest BCUT2D eigenvalue weighted by atomic mass is 16.5. The van der Waals surface area contributed by atoms with Gasteiger partial charge in [-0.15, -0.1) is 0 Å². The summed E-state index contributed by atoms with van der Waals surface area (Å²) in [5.74, 6) is 0.578. The molecule has 1 aliphatic heterocycles. The first kappa shape index (κ1) is 15.8. The second-order valence-corrected chi connectivity index (χ2v) is 5.29. The normalized spacial score (nSPS) is 16.2. The highest BCUT2D eigenvalue weighted by Gasteiger charge is 2.19. The number of hydrogen-bond acceptors (Lipinski definition) is 3. The van der Waals surface area contributed by atoms with Gasteiger partial charge in [0.25, 0.3) is 0 Å². The lowest BCUT2D eigenvalue weighted by molar-refractivity contribution is -0.140. The maximum Gasteiger partial charge on any atom is 0.317 e. The molecule has 1 aliphatic rings. The van der Waals surface area contributed by atoms with Gasteiger partial charge in [0.1, 0.15) is 0 Å². The van der Waals surface area contributed by atoms with Gasteiger partial charge in [-0.2, -0.15) is 0 Å². The minimum atomic E-state index is -0.161. The number of piperidine rings is 1. The molecule has 1 heterocycles. The first-order valence-corrected chi connectivity index (χ1v) is 7.23. The lowest BCUT2D eigenvalue weighted by atomic mass is 10.00. The smallest absolute Gasteiger partial charge is 0.317 e. The molecule has 19 heavy (non-hydrogen) atoms. The van der Waals surface area contributed by atoms with E-state index in [1.165, 1.54) is 7.11 Å². The Bertz CT molecular complexity index is 286. The molecule has 0 atom stereocenters. The molecule has 0 radical (unpaired) electrons. The predicted molar refractivity (Wildman–Crippen MR) is 73.9 cm³/mol. The Kier molecular flexibility index (Phi) is 7.30. The van der Waals surface area contributed by atoms with Crippen LogP contribution in [0.15, 0.2) is 0 Å². The summed E-state index contributed by atoms with van der Waals surface area (Å²) in [4.78, 5) is 24.6. The molecule has 0 unspecified atom stereocenters. The molecule has 0 saturated carbocycles. The Morgan fingerprint density at radius 2 is 1.89 bits per heavy atom. The zero-order valence-corrected chi connectivity index (χ0v) is 12.1. The SMILES string of the molecule is COC(=O)CCCCCNC(=O)N1CCC(C)CC1. The third kappa shape index (κ3) is 6.45. The minimum Gasteiger partial charge on any atom is -0.469 e. The van der Waals surface area contributed by atoms with Crippen molar-refractivity contribution in [3.05, 3.63) is 0 Å². The van der Waals surface area contributed by atoms with E-state index < -0.39 is 0 Å². The van der Waals surface area contributed by atoms with Crippen LogP contribution < -0.4 is 5.32 Å². The van der Waals surface area contributed by atoms with Crippen LogP contribution in [0.3, 0.4) is 0 Å². The summed E-state index contributed by atoms with van der Waals surface area (Å²) in [7, 11) is 1.40. The summed E-state index contributed by atoms with van der Waals surface area (Å²) in [6.45, 7) is 4.66. The topological polar surface area (TPSA) is 58.6 Å². The van der Waals surface area contributed by atoms with Crippen molar-refractivity contribution in [3.63, 3.8) is 0 Å². The van der Waals surface area contributed by atoms with Gasteiger partial charge in [-0.3, -0.25) is 4.79 Å². The zero-order valence-electron chi connectivity index (χ0n) is 12.1. The summed E-state index contributed by atoms with van der Waals surface area (Å²) in [6.07, 6.45) is 5.34. The fourth-order valence-electron chi connectivity index (χ4n) is 2.19. The highest BCUT2D eigenvalue weighted by molar-refractivity contribution is 5.74. The number of amides is 2. The van der Waals surface area contributed by atoms with Gasteiger partial charge in [0.05, 0.1) is 7.11 Å². The second kappa shape index (κ2) is 8.77. The molecule has 0 aromatic heterocycles. The van der Waals surface area contributed by atoms with Crippen molar-refractivity contribution < 1.29 is 14.3 Å². The van der Waals surface area contributed by atoms with Crippen molar-refractivity contribution in [1.82, 2.24) is 10.2 Å². The van der Waals surface area contributed by atoms with Gasteiger partial charge in [-0.25, -0.2) is 4.79 Å². The number of carbonyl (C=O) groups is 2. The van der Waals surface area contributed by atoms with Crippen molar-refractivity contribution in [2.24, 2.45) is 5.92 Å². The molecular weight excluding hydrogens is 244 g/mol. The Morgan fingerprint density at radius 3 is 2.53 bits per heavy atom. The standard InChI is InChI=1S/C14H26N2O3/c1-12-7-10-16(11-8-12)14(18)15-9-5-3-4-6-13(17)19-2/h12H,3-11H2,1-2H3,(H,15,18). The van der Waals surface area contributed by atoms with Crippen molar-refractivity contribution in [3.8, 4) is 0 Å². The maximum atomic E-state index is 11.8. The van der Waals surface area contributed by atoms with E-state index in [0.717, 1.165) is 51.1 Å². The van der Waals surface area contributed by atoms with Crippen LogP contribution in [0.1, 0.15) is 45.4 Å². The first-order chi connectivity index (χ1) is 9.13. The van der Waals surface area contributed by atoms with Gasteiger partial charge in [0.2, 0.25) is 0 Å². The van der Waals surface area contributed by atoms with Crippen LogP contribution in [0.5, 0.6) is 0 Å². The Morgan fingerprint density at radius 1 is 1.21 bits per heavy atom. The summed E-state index contributed by atoms with van der Waals surface area (Å²) < 4.78 is 4.57. The average Bonchev–Trinajstić information content (AvgIpc) is 2.42. The second-order valence-electron chi connectivity index (χ2n) is 5.29. The number of urea groups is 1. The number of nitrogens with one attached hydrogen (secondary N) is 1. The number of carbonyl (C=O) groups excluding carboxylic acids is 2. The monoisotopic (exact) mass is 270 g/mol. The van der Waals surface area contributed by atoms with Gasteiger partial charge in [-0.1, -0.05) is 13.3 Å². The van der Waals surface area contributed by atoms with Gasteiger partial charge in [-0.05, 0) is 31.6 Å². The number of rotatable bonds is 6. The average molecular weight is 270 g/mol. The number of esters is 1. The van der Waals surface area contributed by atoms with Crippen LogP contribution in [0, 0.1) is 5.92 Å². The molecule has 5 heteroatoms. The molecule has 0 spiro atoms. The van der Waals surface area contributed by atoms with Crippen molar-refractivity contribution in [1.29, 1.82) is 0 Å². The molecule has 1 fully saturated rings. The van der Waals surface area contributed by atoms with Crippen LogP contribution >= 0.6 is 0 Å². The molecule has 110 valence electrons. The lowest BCUT2D eigenvalue weighted by Gasteiger charge is -2.30. The molecule has 0 aromatic rings. The molecule has 5 nitrogen and oxygen atoms in total. The lowest BCUT2D eigenvalue weighted by Crippen LogP contribution is -2.44. The molecule has 1 saturated heterocycles. The third-order valence-electron chi connectivity index (χ3n) is 3.63. The first-order valence-electron chi connectivity index (χ1n) is 7.23. The van der Waals surface area contributed by atoms with Crippen LogP contribution in [-0.2, 0) is 9.53 Å². The maximum absolute atomic E-state index is 11.8. The van der Waals surface area contributed by atoms with Gasteiger partial charge in [0.15, 0.2) is 0 Å². The predicted octanol–water partition coefficient (Wildman–Crippen LogP) is 2.16. The van der Waals surface area contributed by atoms with Crippen molar-refractivity contribution >= 4 is 12.0 Å². The van der Waals surface area contributed by atoms with Crippen LogP contribution in [0.4, 0.5) is 4.79 Å². The van der Waals surface area contributed by atoms with Gasteiger partial charge >= 0.3 is 12.0 Å². The number of likely N-dealkylation sites (tertiary alicyclic amines) is 1. The summed E-state index contributed by atoms with van der Waals surface area (Å²) in [5.41, 5.74) is 0. The fourth-order valence-corrected chi connectivity index (χ4v) is 2.19. The molecule has 0 bridgehead atoms. The van der Waals surface area contributed by atoms with E-state index >= 15 is 0 Å². The van der Waals surface area contributed by atoms with E-state index in [1.54, 1.807) is 0 Å². The molecular formula is C14H26N2O3. The van der Waals surface area contributed by atoms with E-state index in [9.17, 15) is 9.59 Å². The van der Waals surface area contributed by atoms with Gasteiger partial charge in [0, 0.05) is 26.1 Å². The van der Waals surface area contributed by atoms with Gasteiger partial charge < -0.3 is 15.0 Å². The number of methoxy groups -OCH3 is 1. The van der Waals surface area contributed by atoms with E-state index in [-0.39, 0.29) is 12.0 Å². The van der Waals surface area contributed by atoms with E-state index in [2.05, 4.69) is 17.0 Å². The van der Waals surface area contributed by atoms with E-state index in [4.69, 9.17) is 0 Å². The zero-order chi connectivity index (χ0) is 14.1. The summed E-state index contributed by atoms with van der Waals surface area (Å²) >= 11 is 0. The summed E-state index contributed by atoms with van der Waals surface area (Å²) in [6, 6.07) is 0.0554. The van der Waals surface area contributed by atoms with Crippen molar-refractivity contribution in [2.45, 2.75) is 45.4 Å². The van der Waals surface area contributed by atoms with E-state index in [0.29, 0.717) is 13.0 Å². The minimum absolute atomic E-state index is 0.0554. The molecule has 0 aromatic carbocycles. The molecule has 1 rings (SSSR count). The van der Waals surface area contributed by atoms with Crippen LogP contribution in [-0.4, -0.2) is 43.6 Å². The van der Waals surface area contributed by atoms with Crippen molar-refractivity contribution in [2.75, 3.05) is 26.7 Å². The van der Waals surface area contributed by atoms with Crippen LogP contribution in [0.25, 0.3) is 0 Å². The Labute approximate surface area is 115 Å². The Hall–Kier alpha value is -1.26. The number of nitrogens with zero attached hydrogens (tertiary/aromatic N) is 1. The molecule has 1 N–H and O–H groups in total. The molecule has 2 amide bonds. The number of ether oxygens (including phenoxy) is 1. The van der Waals surface area contributed by atoms with E-state index in [1.807, 2.05) is 4.90 Å². The molecule has 0 aliphatic carbocycles. The highest BCUT2D eigenvalue weighted by Crippen LogP contribution is 2.15. The fraction of sp³-hybridized carbons (Fsp3) is 0.857. The quantitative estimate of drug-likeness (QED) is 0.594. The number of unbranched alkanes of at least 4 members (excludes halogenated alkanes) is 2. The largest absolute Gasteiger partial charge is 0.469 e. The number of hydrogen-bond donors (Lipinski definition) is 1. The Balaban J connectivity index is 2.00. The van der Waals surface area contributed by atoms with Crippen LogP contribution in [0.2, 0.25) is 0 Å². The summed E-state index contributed by atoms with van der Waals surface area (Å²) in [5, 5.41) is 2.94.